The van der Waals surface area contributed by atoms with Crippen molar-refractivity contribution >= 4 is 17.7 Å². The number of hydrogen-bond donors (Lipinski definition) is 1. The second kappa shape index (κ2) is 8.44. The third-order valence-electron chi connectivity index (χ3n) is 6.24. The molecule has 0 saturated heterocycles. The van der Waals surface area contributed by atoms with Crippen molar-refractivity contribution in [2.24, 2.45) is 11.8 Å². The Bertz CT molecular complexity index is 668. The van der Waals surface area contributed by atoms with Crippen LogP contribution in [0, 0.1) is 11.8 Å². The molecule has 2 fully saturated rings. The first-order valence-electron chi connectivity index (χ1n) is 10.5. The summed E-state index contributed by atoms with van der Waals surface area (Å²) in [4.78, 5) is 26.8. The lowest BCUT2D eigenvalue weighted by molar-refractivity contribution is -0.124. The van der Waals surface area contributed by atoms with Crippen molar-refractivity contribution in [1.29, 1.82) is 0 Å². The molecule has 1 amide bonds. The molecule has 27 heavy (non-hydrogen) atoms. The van der Waals surface area contributed by atoms with Crippen molar-refractivity contribution < 1.29 is 14.7 Å². The minimum atomic E-state index is -1.01. The molecule has 0 aliphatic heterocycles. The van der Waals surface area contributed by atoms with Crippen LogP contribution >= 0.6 is 0 Å². The fourth-order valence-electron chi connectivity index (χ4n) is 4.55. The highest BCUT2D eigenvalue weighted by atomic mass is 16.4. The molecule has 6 heteroatoms. The lowest BCUT2D eigenvalue weighted by Crippen LogP contribution is -2.43. The summed E-state index contributed by atoms with van der Waals surface area (Å²) >= 11 is 0. The van der Waals surface area contributed by atoms with E-state index in [4.69, 9.17) is 0 Å². The van der Waals surface area contributed by atoms with Crippen LogP contribution in [0.5, 0.6) is 0 Å². The van der Waals surface area contributed by atoms with E-state index in [0.717, 1.165) is 51.4 Å². The smallest absolute Gasteiger partial charge is 0.341 e. The van der Waals surface area contributed by atoms with Gasteiger partial charge in [0.2, 0.25) is 5.91 Å². The average Bonchev–Trinajstić information content (AvgIpc) is 3.08. The highest BCUT2D eigenvalue weighted by molar-refractivity contribution is 6.01. The summed E-state index contributed by atoms with van der Waals surface area (Å²) in [5.41, 5.74) is 0.145. The van der Waals surface area contributed by atoms with Crippen molar-refractivity contribution in [3.63, 3.8) is 0 Å². The number of amides is 1. The standard InChI is InChI=1S/C21H33N3O3/c1-14(2)24(20(25)16-11-9-15(3)10-12-16)19-18(21(26)27)13-23(22-19)17-7-5-4-6-8-17/h13-17H,4-12H2,1-3H3,(H,26,27)/t15-,16-. The van der Waals surface area contributed by atoms with Gasteiger partial charge in [-0.3, -0.25) is 14.4 Å². The van der Waals surface area contributed by atoms with E-state index in [1.165, 1.54) is 6.42 Å². The van der Waals surface area contributed by atoms with Crippen LogP contribution in [0.3, 0.4) is 0 Å². The number of carboxylic acids is 1. The third-order valence-corrected chi connectivity index (χ3v) is 6.24. The number of rotatable bonds is 5. The van der Waals surface area contributed by atoms with Gasteiger partial charge in [0.25, 0.3) is 0 Å². The van der Waals surface area contributed by atoms with E-state index in [1.807, 2.05) is 18.5 Å². The van der Waals surface area contributed by atoms with E-state index in [2.05, 4.69) is 12.0 Å². The Morgan fingerprint density at radius 3 is 2.30 bits per heavy atom. The number of carboxylic acid groups (broad SMARTS) is 1. The fourth-order valence-corrected chi connectivity index (χ4v) is 4.55. The molecule has 0 radical (unpaired) electrons. The quantitative estimate of drug-likeness (QED) is 0.812. The molecule has 1 heterocycles. The lowest BCUT2D eigenvalue weighted by atomic mass is 9.82. The van der Waals surface area contributed by atoms with Gasteiger partial charge in [0, 0.05) is 18.2 Å². The van der Waals surface area contributed by atoms with Gasteiger partial charge in [-0.25, -0.2) is 4.79 Å². The molecule has 1 aromatic rings. The highest BCUT2D eigenvalue weighted by Gasteiger charge is 2.34. The first kappa shape index (κ1) is 19.9. The maximum Gasteiger partial charge on any atom is 0.341 e. The molecule has 0 unspecified atom stereocenters. The van der Waals surface area contributed by atoms with E-state index < -0.39 is 5.97 Å². The van der Waals surface area contributed by atoms with Crippen LogP contribution in [0.4, 0.5) is 5.82 Å². The summed E-state index contributed by atoms with van der Waals surface area (Å²) in [6, 6.07) is 0.120. The van der Waals surface area contributed by atoms with Crippen LogP contribution in [-0.4, -0.2) is 32.8 Å². The van der Waals surface area contributed by atoms with Gasteiger partial charge < -0.3 is 5.11 Å². The van der Waals surface area contributed by atoms with Crippen molar-refractivity contribution in [3.05, 3.63) is 11.8 Å². The van der Waals surface area contributed by atoms with E-state index in [9.17, 15) is 14.7 Å². The zero-order chi connectivity index (χ0) is 19.6. The van der Waals surface area contributed by atoms with Crippen LogP contribution < -0.4 is 4.90 Å². The van der Waals surface area contributed by atoms with E-state index in [-0.39, 0.29) is 29.5 Å². The largest absolute Gasteiger partial charge is 0.477 e. The molecule has 0 aromatic carbocycles. The van der Waals surface area contributed by atoms with Gasteiger partial charge in [0.15, 0.2) is 5.82 Å². The third kappa shape index (κ3) is 4.36. The molecule has 2 saturated carbocycles. The molecule has 1 N–H and O–H groups in total. The highest BCUT2D eigenvalue weighted by Crippen LogP contribution is 2.34. The fraction of sp³-hybridized carbons (Fsp3) is 0.762. The Hall–Kier alpha value is -1.85. The van der Waals surface area contributed by atoms with Gasteiger partial charge in [-0.2, -0.15) is 5.10 Å². The molecular formula is C21H33N3O3. The molecule has 150 valence electrons. The second-order valence-electron chi connectivity index (χ2n) is 8.70. The number of nitrogens with zero attached hydrogens (tertiary/aromatic N) is 3. The van der Waals surface area contributed by atoms with E-state index >= 15 is 0 Å². The van der Waals surface area contributed by atoms with Crippen molar-refractivity contribution in [2.45, 2.75) is 90.6 Å². The SMILES string of the molecule is CC(C)N(c1nn(C2CCCCC2)cc1C(=O)O)C(=O)[C@H]1CC[C@H](C)CC1. The number of aromatic carboxylic acids is 1. The molecule has 1 aromatic heterocycles. The zero-order valence-electron chi connectivity index (χ0n) is 16.9. The maximum absolute atomic E-state index is 13.3. The Kier molecular flexibility index (Phi) is 6.22. The molecule has 2 aliphatic rings. The zero-order valence-corrected chi connectivity index (χ0v) is 16.9. The summed E-state index contributed by atoms with van der Waals surface area (Å²) < 4.78 is 1.81. The number of hydrogen-bond acceptors (Lipinski definition) is 3. The molecule has 6 nitrogen and oxygen atoms in total. The summed E-state index contributed by atoms with van der Waals surface area (Å²) in [5, 5.41) is 14.4. The summed E-state index contributed by atoms with van der Waals surface area (Å²) in [6.45, 7) is 6.11. The van der Waals surface area contributed by atoms with Crippen LogP contribution in [0.15, 0.2) is 6.20 Å². The van der Waals surface area contributed by atoms with Crippen molar-refractivity contribution in [2.75, 3.05) is 4.90 Å². The van der Waals surface area contributed by atoms with E-state index in [0.29, 0.717) is 11.7 Å². The predicted molar refractivity (Wildman–Crippen MR) is 105 cm³/mol. The summed E-state index contributed by atoms with van der Waals surface area (Å²) in [7, 11) is 0. The Balaban J connectivity index is 1.90. The topological polar surface area (TPSA) is 75.4 Å². The van der Waals surface area contributed by atoms with Gasteiger partial charge in [-0.15, -0.1) is 0 Å². The van der Waals surface area contributed by atoms with Crippen molar-refractivity contribution in [3.8, 4) is 0 Å². The molecule has 0 spiro atoms. The monoisotopic (exact) mass is 375 g/mol. The number of carbonyl (C=O) groups excluding carboxylic acids is 1. The van der Waals surface area contributed by atoms with Crippen LogP contribution in [0.2, 0.25) is 0 Å². The predicted octanol–water partition coefficient (Wildman–Crippen LogP) is 4.65. The van der Waals surface area contributed by atoms with Crippen LogP contribution in [-0.2, 0) is 4.79 Å². The first-order chi connectivity index (χ1) is 12.9. The number of carbonyl (C=O) groups is 2. The summed E-state index contributed by atoms with van der Waals surface area (Å²) in [6.07, 6.45) is 11.1. The van der Waals surface area contributed by atoms with Gasteiger partial charge >= 0.3 is 5.97 Å². The van der Waals surface area contributed by atoms with E-state index in [1.54, 1.807) is 11.1 Å². The molecule has 0 bridgehead atoms. The number of anilines is 1. The van der Waals surface area contributed by atoms with Gasteiger partial charge in [0.05, 0.1) is 6.04 Å². The summed E-state index contributed by atoms with van der Waals surface area (Å²) in [5.74, 6) is -0.00511. The molecule has 2 aliphatic carbocycles. The lowest BCUT2D eigenvalue weighted by Gasteiger charge is -2.32. The van der Waals surface area contributed by atoms with Crippen molar-refractivity contribution in [1.82, 2.24) is 9.78 Å². The normalized spacial score (nSPS) is 24.1. The van der Waals surface area contributed by atoms with Gasteiger partial charge in [-0.1, -0.05) is 26.2 Å². The van der Waals surface area contributed by atoms with Crippen LogP contribution in [0.25, 0.3) is 0 Å². The maximum atomic E-state index is 13.3. The minimum Gasteiger partial charge on any atom is -0.477 e. The Morgan fingerprint density at radius 2 is 1.74 bits per heavy atom. The average molecular weight is 376 g/mol. The first-order valence-corrected chi connectivity index (χ1v) is 10.5. The molecule has 0 atom stereocenters. The van der Waals surface area contributed by atoms with Gasteiger partial charge in [0.1, 0.15) is 5.56 Å². The molecule has 3 rings (SSSR count). The molecular weight excluding hydrogens is 342 g/mol. The Morgan fingerprint density at radius 1 is 1.11 bits per heavy atom. The number of aromatic nitrogens is 2. The second-order valence-corrected chi connectivity index (χ2v) is 8.70. The van der Waals surface area contributed by atoms with Gasteiger partial charge in [-0.05, 0) is 58.3 Å². The Labute approximate surface area is 161 Å². The minimum absolute atomic E-state index is 0.0231. The van der Waals surface area contributed by atoms with Crippen LogP contribution in [0.1, 0.15) is 95.0 Å².